The number of ether oxygens (including phenoxy) is 1. The van der Waals surface area contributed by atoms with Crippen molar-refractivity contribution in [1.82, 2.24) is 14.7 Å². The first kappa shape index (κ1) is 19.1. The minimum absolute atomic E-state index is 0.0818. The third-order valence-electron chi connectivity index (χ3n) is 6.30. The van der Waals surface area contributed by atoms with Crippen LogP contribution in [-0.4, -0.2) is 52.4 Å². The minimum atomic E-state index is -0.456. The highest BCUT2D eigenvalue weighted by molar-refractivity contribution is 6.06. The highest BCUT2D eigenvalue weighted by atomic mass is 19.1. The number of methoxy groups -OCH3 is 1. The van der Waals surface area contributed by atoms with E-state index in [1.165, 1.54) is 23.4 Å². The summed E-state index contributed by atoms with van der Waals surface area (Å²) in [5.41, 5.74) is 2.68. The molecule has 1 amide bonds. The number of piperidine rings is 1. The van der Waals surface area contributed by atoms with Crippen molar-refractivity contribution in [1.29, 1.82) is 0 Å². The summed E-state index contributed by atoms with van der Waals surface area (Å²) in [5.74, 6) is -0.413. The van der Waals surface area contributed by atoms with Crippen molar-refractivity contribution >= 4 is 11.6 Å². The summed E-state index contributed by atoms with van der Waals surface area (Å²) in [7, 11) is 1.59. The summed E-state index contributed by atoms with van der Waals surface area (Å²) in [6.07, 6.45) is 3.10. The van der Waals surface area contributed by atoms with E-state index in [1.54, 1.807) is 24.1 Å². The monoisotopic (exact) mass is 386 g/mol. The van der Waals surface area contributed by atoms with Gasteiger partial charge in [-0.15, -0.1) is 0 Å². The van der Waals surface area contributed by atoms with Gasteiger partial charge in [0.25, 0.3) is 5.91 Å². The van der Waals surface area contributed by atoms with Gasteiger partial charge in [-0.25, -0.2) is 4.39 Å². The van der Waals surface area contributed by atoms with Gasteiger partial charge in [-0.1, -0.05) is 6.07 Å². The number of rotatable bonds is 5. The molecular weight excluding hydrogens is 359 g/mol. The average molecular weight is 386 g/mol. The molecule has 0 aliphatic carbocycles. The molecule has 7 heteroatoms. The molecule has 2 aromatic rings. The van der Waals surface area contributed by atoms with Crippen LogP contribution < -0.4 is 4.90 Å². The Morgan fingerprint density at radius 3 is 2.68 bits per heavy atom. The van der Waals surface area contributed by atoms with Crippen molar-refractivity contribution in [2.45, 2.75) is 51.4 Å². The fourth-order valence-corrected chi connectivity index (χ4v) is 4.72. The van der Waals surface area contributed by atoms with Crippen LogP contribution in [0.15, 0.2) is 30.5 Å². The third-order valence-corrected chi connectivity index (χ3v) is 6.30. The number of β-lactam (4-membered cyclic amide) rings is 1. The molecule has 3 heterocycles. The van der Waals surface area contributed by atoms with Gasteiger partial charge in [0.2, 0.25) is 0 Å². The Hall–Kier alpha value is -2.25. The van der Waals surface area contributed by atoms with Crippen LogP contribution >= 0.6 is 0 Å². The molecule has 6 nitrogen and oxygen atoms in total. The van der Waals surface area contributed by atoms with Crippen LogP contribution in [0.2, 0.25) is 0 Å². The zero-order valence-electron chi connectivity index (χ0n) is 16.7. The predicted molar refractivity (Wildman–Crippen MR) is 105 cm³/mol. The number of hydrogen-bond acceptors (Lipinski definition) is 4. The average Bonchev–Trinajstić information content (AvgIpc) is 3.03. The van der Waals surface area contributed by atoms with E-state index in [4.69, 9.17) is 4.74 Å². The Morgan fingerprint density at radius 2 is 2.07 bits per heavy atom. The largest absolute Gasteiger partial charge is 0.369 e. The van der Waals surface area contributed by atoms with Crippen LogP contribution in [0.4, 0.5) is 10.1 Å². The molecule has 1 aromatic heterocycles. The lowest BCUT2D eigenvalue weighted by Gasteiger charge is -2.59. The highest BCUT2D eigenvalue weighted by Crippen LogP contribution is 2.45. The van der Waals surface area contributed by atoms with Crippen LogP contribution in [0.3, 0.4) is 0 Å². The molecule has 150 valence electrons. The second-order valence-electron chi connectivity index (χ2n) is 7.72. The summed E-state index contributed by atoms with van der Waals surface area (Å²) in [6, 6.07) is 6.27. The summed E-state index contributed by atoms with van der Waals surface area (Å²) in [4.78, 5) is 16.8. The second-order valence-corrected chi connectivity index (χ2v) is 7.72. The smallest absolute Gasteiger partial charge is 0.259 e. The van der Waals surface area contributed by atoms with E-state index >= 15 is 0 Å². The Morgan fingerprint density at radius 1 is 1.32 bits per heavy atom. The van der Waals surface area contributed by atoms with Crippen molar-refractivity contribution in [3.05, 3.63) is 47.5 Å². The summed E-state index contributed by atoms with van der Waals surface area (Å²) >= 11 is 0. The number of carbonyl (C=O) groups is 1. The molecule has 0 bridgehead atoms. The number of amides is 1. The quantitative estimate of drug-likeness (QED) is 0.742. The fourth-order valence-electron chi connectivity index (χ4n) is 4.72. The zero-order chi connectivity index (χ0) is 19.9. The van der Waals surface area contributed by atoms with Gasteiger partial charge in [-0.05, 0) is 44.9 Å². The molecule has 1 aromatic carbocycles. The maximum absolute atomic E-state index is 13.7. The fraction of sp³-hybridized carbons (Fsp3) is 0.524. The number of nitrogens with zero attached hydrogens (tertiary/aromatic N) is 4. The summed E-state index contributed by atoms with van der Waals surface area (Å²) in [5, 5.41) is 4.43. The van der Waals surface area contributed by atoms with Gasteiger partial charge >= 0.3 is 0 Å². The molecule has 1 unspecified atom stereocenters. The lowest BCUT2D eigenvalue weighted by atomic mass is 9.72. The molecule has 0 saturated carbocycles. The zero-order valence-corrected chi connectivity index (χ0v) is 16.7. The Kier molecular flexibility index (Phi) is 4.97. The molecule has 1 atom stereocenters. The topological polar surface area (TPSA) is 50.6 Å². The van der Waals surface area contributed by atoms with Crippen molar-refractivity contribution in [2.75, 3.05) is 25.1 Å². The van der Waals surface area contributed by atoms with E-state index in [-0.39, 0.29) is 11.7 Å². The van der Waals surface area contributed by atoms with Gasteiger partial charge in [0.05, 0.1) is 11.7 Å². The van der Waals surface area contributed by atoms with Crippen molar-refractivity contribution < 1.29 is 13.9 Å². The van der Waals surface area contributed by atoms with E-state index < -0.39 is 11.6 Å². The van der Waals surface area contributed by atoms with Crippen LogP contribution in [0.25, 0.3) is 0 Å². The van der Waals surface area contributed by atoms with Gasteiger partial charge in [-0.3, -0.25) is 14.4 Å². The van der Waals surface area contributed by atoms with Gasteiger partial charge in [0, 0.05) is 50.2 Å². The second kappa shape index (κ2) is 7.29. The molecule has 2 fully saturated rings. The van der Waals surface area contributed by atoms with E-state index in [2.05, 4.69) is 23.8 Å². The van der Waals surface area contributed by atoms with E-state index in [0.29, 0.717) is 5.69 Å². The number of anilines is 1. The maximum atomic E-state index is 13.7. The first-order valence-corrected chi connectivity index (χ1v) is 9.86. The van der Waals surface area contributed by atoms with Crippen LogP contribution in [0.5, 0.6) is 0 Å². The Bertz CT molecular complexity index is 873. The molecule has 2 aliphatic rings. The molecule has 4 rings (SSSR count). The minimum Gasteiger partial charge on any atom is -0.369 e. The molecule has 2 saturated heterocycles. The molecule has 28 heavy (non-hydrogen) atoms. The van der Waals surface area contributed by atoms with E-state index in [9.17, 15) is 9.18 Å². The SMILES string of the molecule is CCn1ncc(CN2CCC3(CC2)C(OC)C(=O)N3c2cccc(F)c2)c1C. The number of halogens is 1. The number of hydrogen-bond donors (Lipinski definition) is 0. The molecule has 0 radical (unpaired) electrons. The summed E-state index contributed by atoms with van der Waals surface area (Å²) < 4.78 is 21.3. The Balaban J connectivity index is 1.50. The number of likely N-dealkylation sites (tertiary alicyclic amines) is 1. The summed E-state index contributed by atoms with van der Waals surface area (Å²) in [6.45, 7) is 7.64. The highest BCUT2D eigenvalue weighted by Gasteiger charge is 2.61. The first-order chi connectivity index (χ1) is 13.5. The van der Waals surface area contributed by atoms with Gasteiger partial charge < -0.3 is 9.64 Å². The normalized spacial score (nSPS) is 21.9. The van der Waals surface area contributed by atoms with Crippen LogP contribution in [0.1, 0.15) is 31.0 Å². The number of benzene rings is 1. The standard InChI is InChI=1S/C21H27FN4O2/c1-4-25-15(2)16(13-23-25)14-24-10-8-21(9-11-24)19(28-3)20(27)26(21)18-7-5-6-17(22)12-18/h5-7,12-13,19H,4,8-11,14H2,1-3H3. The maximum Gasteiger partial charge on any atom is 0.259 e. The van der Waals surface area contributed by atoms with Gasteiger partial charge in [-0.2, -0.15) is 5.10 Å². The van der Waals surface area contributed by atoms with Crippen LogP contribution in [-0.2, 0) is 22.6 Å². The lowest BCUT2D eigenvalue weighted by Crippen LogP contribution is -2.77. The lowest BCUT2D eigenvalue weighted by molar-refractivity contribution is -0.151. The van der Waals surface area contributed by atoms with Crippen LogP contribution in [0, 0.1) is 12.7 Å². The van der Waals surface area contributed by atoms with Crippen molar-refractivity contribution in [2.24, 2.45) is 0 Å². The third kappa shape index (κ3) is 2.93. The van der Waals surface area contributed by atoms with Crippen molar-refractivity contribution in [3.63, 3.8) is 0 Å². The number of aryl methyl sites for hydroxylation is 1. The predicted octanol–water partition coefficient (Wildman–Crippen LogP) is 2.75. The molecule has 2 aliphatic heterocycles. The Labute approximate surface area is 164 Å². The molecule has 1 spiro atoms. The van der Waals surface area contributed by atoms with Gasteiger partial charge in [0.1, 0.15) is 5.82 Å². The van der Waals surface area contributed by atoms with E-state index in [1.807, 2.05) is 10.9 Å². The van der Waals surface area contributed by atoms with Gasteiger partial charge in [0.15, 0.2) is 6.10 Å². The number of aromatic nitrogens is 2. The van der Waals surface area contributed by atoms with Crippen molar-refractivity contribution in [3.8, 4) is 0 Å². The number of carbonyl (C=O) groups excluding carboxylic acids is 1. The molecular formula is C21H27FN4O2. The first-order valence-electron chi connectivity index (χ1n) is 9.86. The van der Waals surface area contributed by atoms with E-state index in [0.717, 1.165) is 39.0 Å². The molecule has 0 N–H and O–H groups in total.